The number of nitrogens with zero attached hydrogens (tertiary/aromatic N) is 1. The summed E-state index contributed by atoms with van der Waals surface area (Å²) in [4.78, 5) is 28.0. The van der Waals surface area contributed by atoms with Crippen LogP contribution in [0, 0.1) is 5.41 Å². The number of benzene rings is 2. The van der Waals surface area contributed by atoms with Crippen molar-refractivity contribution in [2.45, 2.75) is 76.5 Å². The summed E-state index contributed by atoms with van der Waals surface area (Å²) in [5.41, 5.74) is 1.31. The highest BCUT2D eigenvalue weighted by molar-refractivity contribution is 6.30. The van der Waals surface area contributed by atoms with Crippen LogP contribution in [0.25, 0.3) is 0 Å². The molecule has 182 valence electrons. The highest BCUT2D eigenvalue weighted by Gasteiger charge is 2.52. The molecule has 0 radical (unpaired) electrons. The van der Waals surface area contributed by atoms with Crippen LogP contribution in [0.15, 0.2) is 48.5 Å². The maximum absolute atomic E-state index is 14.2. The Morgan fingerprint density at radius 2 is 1.88 bits per heavy atom. The first-order valence-corrected chi connectivity index (χ1v) is 13.0. The van der Waals surface area contributed by atoms with Gasteiger partial charge in [-0.15, -0.1) is 0 Å². The van der Waals surface area contributed by atoms with Gasteiger partial charge in [0.15, 0.2) is 0 Å². The molecule has 0 aliphatic carbocycles. The fraction of sp³-hybridized carbons (Fsp3) is 0.500. The molecule has 4 nitrogen and oxygen atoms in total. The lowest BCUT2D eigenvalue weighted by Crippen LogP contribution is -2.59. The molecule has 2 saturated heterocycles. The summed E-state index contributed by atoms with van der Waals surface area (Å²) in [7, 11) is 0. The molecule has 34 heavy (non-hydrogen) atoms. The fourth-order valence-corrected chi connectivity index (χ4v) is 6.15. The maximum Gasteiger partial charge on any atom is 0.229 e. The second kappa shape index (κ2) is 10.8. The van der Waals surface area contributed by atoms with E-state index in [2.05, 4.69) is 17.9 Å². The number of amides is 1. The van der Waals surface area contributed by atoms with Crippen LogP contribution in [0.4, 0.5) is 0 Å². The number of hydrogen-bond donors (Lipinski definition) is 0. The van der Waals surface area contributed by atoms with Crippen LogP contribution in [-0.2, 0) is 14.3 Å². The number of likely N-dealkylation sites (tertiary alicyclic amines) is 1. The van der Waals surface area contributed by atoms with E-state index in [1.54, 1.807) is 0 Å². The zero-order chi connectivity index (χ0) is 24.3. The molecule has 6 heteroatoms. The largest absolute Gasteiger partial charge is 0.376 e. The molecule has 0 N–H and O–H groups in total. The minimum absolute atomic E-state index is 0.0175. The summed E-state index contributed by atoms with van der Waals surface area (Å²) >= 11 is 12.6. The Balaban J connectivity index is 1.88. The Kier molecular flexibility index (Phi) is 8.01. The number of carbonyl (C=O) groups is 2. The lowest BCUT2D eigenvalue weighted by molar-refractivity contribution is -0.162. The van der Waals surface area contributed by atoms with E-state index in [0.29, 0.717) is 16.5 Å². The number of carbonyl (C=O) groups excluding carboxylic acids is 2. The lowest BCUT2D eigenvalue weighted by atomic mass is 9.67. The molecule has 0 spiro atoms. The van der Waals surface area contributed by atoms with Crippen LogP contribution in [0.3, 0.4) is 0 Å². The number of piperidine rings is 1. The van der Waals surface area contributed by atoms with E-state index in [9.17, 15) is 9.59 Å². The predicted molar refractivity (Wildman–Crippen MR) is 136 cm³/mol. The van der Waals surface area contributed by atoms with Gasteiger partial charge in [0.1, 0.15) is 6.29 Å². The van der Waals surface area contributed by atoms with Crippen molar-refractivity contribution < 1.29 is 14.3 Å². The number of ether oxygens (including phenoxy) is 1. The zero-order valence-corrected chi connectivity index (χ0v) is 21.4. The van der Waals surface area contributed by atoms with E-state index >= 15 is 0 Å². The van der Waals surface area contributed by atoms with Crippen molar-refractivity contribution in [3.8, 4) is 0 Å². The van der Waals surface area contributed by atoms with Crippen molar-refractivity contribution in [3.05, 3.63) is 69.7 Å². The average molecular weight is 502 g/mol. The number of hydrogen-bond acceptors (Lipinski definition) is 3. The molecule has 2 fully saturated rings. The van der Waals surface area contributed by atoms with Gasteiger partial charge < -0.3 is 14.4 Å². The third-order valence-corrected chi connectivity index (χ3v) is 8.03. The van der Waals surface area contributed by atoms with E-state index in [-0.39, 0.29) is 36.4 Å². The first-order chi connectivity index (χ1) is 16.4. The number of aldehydes is 1. The fourth-order valence-electron chi connectivity index (χ4n) is 5.83. The third kappa shape index (κ3) is 5.05. The van der Waals surface area contributed by atoms with E-state index in [0.717, 1.165) is 49.7 Å². The minimum Gasteiger partial charge on any atom is -0.376 e. The Labute approximate surface area is 212 Å². The van der Waals surface area contributed by atoms with Gasteiger partial charge in [-0.25, -0.2) is 0 Å². The van der Waals surface area contributed by atoms with Crippen LogP contribution in [0.1, 0.15) is 75.5 Å². The SMILES string of the molecule is CC[C@@H](C1CCCCO1)N1C(=O)[C@](C)(CC=O)C[C@H](c2cccc(Cl)c2)[C@H]1c1ccc(Cl)cc1. The van der Waals surface area contributed by atoms with Crippen LogP contribution in [-0.4, -0.2) is 35.8 Å². The van der Waals surface area contributed by atoms with Gasteiger partial charge >= 0.3 is 0 Å². The normalized spacial score (nSPS) is 28.5. The summed E-state index contributed by atoms with van der Waals surface area (Å²) in [6.07, 6.45) is 5.48. The van der Waals surface area contributed by atoms with Gasteiger partial charge in [-0.1, -0.05) is 61.3 Å². The molecule has 0 bridgehead atoms. The summed E-state index contributed by atoms with van der Waals surface area (Å²) in [5, 5.41) is 1.32. The van der Waals surface area contributed by atoms with Crippen molar-refractivity contribution in [1.29, 1.82) is 0 Å². The molecule has 1 unspecified atom stereocenters. The minimum atomic E-state index is -0.792. The Morgan fingerprint density at radius 3 is 2.50 bits per heavy atom. The lowest BCUT2D eigenvalue weighted by Gasteiger charge is -2.53. The van der Waals surface area contributed by atoms with Crippen molar-refractivity contribution in [2.24, 2.45) is 5.41 Å². The molecule has 2 aromatic rings. The van der Waals surface area contributed by atoms with E-state index in [1.807, 2.05) is 49.4 Å². The third-order valence-electron chi connectivity index (χ3n) is 7.54. The maximum atomic E-state index is 14.2. The topological polar surface area (TPSA) is 46.6 Å². The summed E-state index contributed by atoms with van der Waals surface area (Å²) < 4.78 is 6.22. The molecule has 5 atom stereocenters. The van der Waals surface area contributed by atoms with Gasteiger partial charge in [0.25, 0.3) is 0 Å². The molecule has 4 rings (SSSR count). The highest BCUT2D eigenvalue weighted by Crippen LogP contribution is 2.52. The van der Waals surface area contributed by atoms with Gasteiger partial charge in [0.2, 0.25) is 5.91 Å². The second-order valence-corrected chi connectivity index (χ2v) is 10.8. The Morgan fingerprint density at radius 1 is 1.12 bits per heavy atom. The van der Waals surface area contributed by atoms with E-state index in [1.165, 1.54) is 0 Å². The molecule has 2 heterocycles. The first-order valence-electron chi connectivity index (χ1n) is 12.3. The van der Waals surface area contributed by atoms with Gasteiger partial charge in [-0.2, -0.15) is 0 Å². The van der Waals surface area contributed by atoms with Crippen LogP contribution < -0.4 is 0 Å². The van der Waals surface area contributed by atoms with Crippen molar-refractivity contribution in [2.75, 3.05) is 6.61 Å². The Hall–Kier alpha value is -1.88. The first kappa shape index (κ1) is 25.2. The van der Waals surface area contributed by atoms with Crippen LogP contribution in [0.5, 0.6) is 0 Å². The molecule has 2 aliphatic rings. The molecule has 2 aromatic carbocycles. The van der Waals surface area contributed by atoms with Crippen LogP contribution >= 0.6 is 23.2 Å². The van der Waals surface area contributed by atoms with Gasteiger partial charge in [0.05, 0.1) is 23.6 Å². The molecular weight excluding hydrogens is 469 g/mol. The summed E-state index contributed by atoms with van der Waals surface area (Å²) in [5.74, 6) is -0.000910. The van der Waals surface area contributed by atoms with E-state index in [4.69, 9.17) is 27.9 Å². The molecule has 0 aromatic heterocycles. The second-order valence-electron chi connectivity index (χ2n) is 9.89. The van der Waals surface area contributed by atoms with Gasteiger partial charge in [0, 0.05) is 29.0 Å². The molecule has 1 amide bonds. The summed E-state index contributed by atoms with van der Waals surface area (Å²) in [6, 6.07) is 15.4. The standard InChI is InChI=1S/C28H33Cl2NO3/c1-3-24(25-9-4-5-16-34-25)31-26(19-10-12-21(29)13-11-19)23(20-7-6-8-22(30)17-20)18-28(2,14-15-32)27(31)33/h6-8,10-13,15,17,23-26H,3-5,9,14,16,18H2,1-2H3/t23-,24+,25?,26-,28-/m1/s1. The monoisotopic (exact) mass is 501 g/mol. The average Bonchev–Trinajstić information content (AvgIpc) is 2.84. The smallest absolute Gasteiger partial charge is 0.229 e. The number of rotatable bonds is 7. The van der Waals surface area contributed by atoms with E-state index < -0.39 is 5.41 Å². The van der Waals surface area contributed by atoms with Crippen LogP contribution in [0.2, 0.25) is 10.0 Å². The van der Waals surface area contributed by atoms with Gasteiger partial charge in [-0.05, 0) is 67.5 Å². The van der Waals surface area contributed by atoms with Crippen molar-refractivity contribution in [3.63, 3.8) is 0 Å². The highest BCUT2D eigenvalue weighted by atomic mass is 35.5. The molecule has 2 aliphatic heterocycles. The quantitative estimate of drug-likeness (QED) is 0.383. The number of halogens is 2. The summed E-state index contributed by atoms with van der Waals surface area (Å²) in [6.45, 7) is 4.77. The molecule has 0 saturated carbocycles. The molecular formula is C28H33Cl2NO3. The van der Waals surface area contributed by atoms with Crippen molar-refractivity contribution >= 4 is 35.4 Å². The zero-order valence-electron chi connectivity index (χ0n) is 19.9. The van der Waals surface area contributed by atoms with Crippen molar-refractivity contribution in [1.82, 2.24) is 4.90 Å². The predicted octanol–water partition coefficient (Wildman–Crippen LogP) is 6.99. The Bertz CT molecular complexity index is 1000. The van der Waals surface area contributed by atoms with Gasteiger partial charge in [-0.3, -0.25) is 4.79 Å².